The van der Waals surface area contributed by atoms with Crippen molar-refractivity contribution >= 4 is 44.5 Å². The van der Waals surface area contributed by atoms with E-state index in [-0.39, 0.29) is 44.8 Å². The van der Waals surface area contributed by atoms with Crippen molar-refractivity contribution in [3.63, 3.8) is 0 Å². The van der Waals surface area contributed by atoms with Gasteiger partial charge >= 0.3 is 0 Å². The fraction of sp³-hybridized carbons (Fsp3) is 0. The molecule has 0 saturated carbocycles. The van der Waals surface area contributed by atoms with Gasteiger partial charge in [0.15, 0.2) is 11.6 Å². The van der Waals surface area contributed by atoms with Gasteiger partial charge in [-0.05, 0) is 58.0 Å². The molecule has 0 bridgehead atoms. The number of carbonyl (C=O) groups is 2. The largest absolute Gasteiger partial charge is 0.289 e. The van der Waals surface area contributed by atoms with Crippen molar-refractivity contribution in [3.8, 4) is 33.4 Å². The summed E-state index contributed by atoms with van der Waals surface area (Å²) in [4.78, 5) is 50.7. The lowest BCUT2D eigenvalue weighted by molar-refractivity contribution is -0.384. The maximum atomic E-state index is 13.5. The Bertz CT molecular complexity index is 2300. The molecule has 2 aliphatic carbocycles. The van der Waals surface area contributed by atoms with Crippen molar-refractivity contribution in [2.45, 2.75) is 0 Å². The summed E-state index contributed by atoms with van der Waals surface area (Å²) in [5, 5.41) is 26.9. The van der Waals surface area contributed by atoms with E-state index in [9.17, 15) is 29.8 Å². The number of carbonyl (C=O) groups excluding carboxylic acids is 2. The molecule has 0 amide bonds. The van der Waals surface area contributed by atoms with E-state index in [1.54, 1.807) is 54.6 Å². The molecule has 6 aromatic rings. The molecule has 6 aromatic carbocycles. The molecule has 0 heterocycles. The summed E-state index contributed by atoms with van der Waals surface area (Å²) in [5.74, 6) is -0.503. The maximum absolute atomic E-state index is 13.5. The van der Waals surface area contributed by atoms with E-state index in [2.05, 4.69) is 0 Å². The SMILES string of the molecule is O=C1c2ccccc2-c2cc(-c3cc4c5c(cccc5c3[N+](=O)[O-])C(=O)c3cccc([N+](=O)[O-])c3-4)cc3cccc1c23. The molecule has 8 nitrogen and oxygen atoms in total. The number of hydrogen-bond acceptors (Lipinski definition) is 6. The summed E-state index contributed by atoms with van der Waals surface area (Å²) in [6.07, 6.45) is 0. The van der Waals surface area contributed by atoms with E-state index in [1.165, 1.54) is 12.1 Å². The Hall–Kier alpha value is -6.02. The molecule has 0 N–H and O–H groups in total. The molecule has 0 aliphatic heterocycles. The molecule has 8 heteroatoms. The van der Waals surface area contributed by atoms with Crippen LogP contribution in [0.3, 0.4) is 0 Å². The number of nitro benzene ring substituents is 2. The number of nitrogens with zero attached hydrogens (tertiary/aromatic N) is 2. The smallest absolute Gasteiger partial charge is 0.285 e. The summed E-state index contributed by atoms with van der Waals surface area (Å²) in [6.45, 7) is 0. The predicted molar refractivity (Wildman–Crippen MR) is 158 cm³/mol. The van der Waals surface area contributed by atoms with Gasteiger partial charge in [-0.2, -0.15) is 0 Å². The average Bonchev–Trinajstić information content (AvgIpc) is 3.00. The molecule has 198 valence electrons. The summed E-state index contributed by atoms with van der Waals surface area (Å²) in [6, 6.07) is 27.1. The fourth-order valence-corrected chi connectivity index (χ4v) is 6.63. The van der Waals surface area contributed by atoms with E-state index in [0.29, 0.717) is 27.6 Å². The highest BCUT2D eigenvalue weighted by molar-refractivity contribution is 6.29. The normalized spacial score (nSPS) is 12.8. The monoisotopic (exact) mass is 548 g/mol. The lowest BCUT2D eigenvalue weighted by atomic mass is 9.78. The first-order valence-corrected chi connectivity index (χ1v) is 13.1. The third-order valence-corrected chi connectivity index (χ3v) is 8.31. The number of rotatable bonds is 3. The minimum atomic E-state index is -0.539. The van der Waals surface area contributed by atoms with Crippen LogP contribution < -0.4 is 0 Å². The average molecular weight is 549 g/mol. The van der Waals surface area contributed by atoms with Crippen LogP contribution in [-0.2, 0) is 0 Å². The predicted octanol–water partition coefficient (Wildman–Crippen LogP) is 7.90. The van der Waals surface area contributed by atoms with Crippen LogP contribution in [0.4, 0.5) is 11.4 Å². The van der Waals surface area contributed by atoms with Gasteiger partial charge < -0.3 is 0 Å². The van der Waals surface area contributed by atoms with Crippen LogP contribution in [0.5, 0.6) is 0 Å². The van der Waals surface area contributed by atoms with Crippen LogP contribution in [-0.4, -0.2) is 21.4 Å². The van der Waals surface area contributed by atoms with Gasteiger partial charge in [0.1, 0.15) is 0 Å². The van der Waals surface area contributed by atoms with Crippen LogP contribution >= 0.6 is 0 Å². The lowest BCUT2D eigenvalue weighted by Gasteiger charge is -2.23. The first kappa shape index (κ1) is 23.8. The summed E-state index contributed by atoms with van der Waals surface area (Å²) < 4.78 is 0. The standard InChI is InChI=1S/C34H16N2O6/c37-33-20-8-2-1-7-19(20)26-15-18(14-17-6-3-10-22(33)29(17)26)25-16-27-30-21(32(25)36(41)42)9-4-11-23(30)34(38)24-12-5-13-28(31(24)27)35(39)40/h1-16H. The molecule has 0 saturated heterocycles. The Kier molecular flexibility index (Phi) is 4.68. The van der Waals surface area contributed by atoms with Crippen molar-refractivity contribution in [3.05, 3.63) is 140 Å². The van der Waals surface area contributed by atoms with Crippen LogP contribution in [0.15, 0.2) is 97.1 Å². The molecular weight excluding hydrogens is 532 g/mol. The second kappa shape index (κ2) is 8.25. The number of fused-ring (bicyclic) bond motifs is 4. The van der Waals surface area contributed by atoms with Crippen molar-refractivity contribution in [1.82, 2.24) is 0 Å². The second-order valence-electron chi connectivity index (χ2n) is 10.4. The van der Waals surface area contributed by atoms with Gasteiger partial charge in [-0.1, -0.05) is 60.7 Å². The zero-order valence-electron chi connectivity index (χ0n) is 21.6. The number of benzene rings is 6. The van der Waals surface area contributed by atoms with Crippen LogP contribution in [0.25, 0.3) is 54.9 Å². The zero-order chi connectivity index (χ0) is 28.9. The minimum Gasteiger partial charge on any atom is -0.289 e. The van der Waals surface area contributed by atoms with Crippen molar-refractivity contribution in [2.24, 2.45) is 0 Å². The van der Waals surface area contributed by atoms with Crippen LogP contribution in [0, 0.1) is 20.2 Å². The van der Waals surface area contributed by atoms with Crippen molar-refractivity contribution in [2.75, 3.05) is 0 Å². The van der Waals surface area contributed by atoms with Gasteiger partial charge in [-0.3, -0.25) is 29.8 Å². The van der Waals surface area contributed by atoms with Gasteiger partial charge in [-0.25, -0.2) is 0 Å². The van der Waals surface area contributed by atoms with E-state index in [1.807, 2.05) is 30.3 Å². The van der Waals surface area contributed by atoms with E-state index in [4.69, 9.17) is 0 Å². The molecule has 8 rings (SSSR count). The highest BCUT2D eigenvalue weighted by Crippen LogP contribution is 2.51. The van der Waals surface area contributed by atoms with Crippen LogP contribution in [0.1, 0.15) is 31.8 Å². The highest BCUT2D eigenvalue weighted by atomic mass is 16.6. The zero-order valence-corrected chi connectivity index (χ0v) is 21.6. The molecule has 0 radical (unpaired) electrons. The first-order valence-electron chi connectivity index (χ1n) is 13.1. The Morgan fingerprint density at radius 1 is 0.500 bits per heavy atom. The summed E-state index contributed by atoms with van der Waals surface area (Å²) in [5.41, 5.74) is 3.91. The van der Waals surface area contributed by atoms with Gasteiger partial charge in [-0.15, -0.1) is 0 Å². The van der Waals surface area contributed by atoms with E-state index < -0.39 is 15.6 Å². The Balaban J connectivity index is 1.54. The Labute approximate surface area is 236 Å². The summed E-state index contributed by atoms with van der Waals surface area (Å²) >= 11 is 0. The van der Waals surface area contributed by atoms with E-state index >= 15 is 0 Å². The Morgan fingerprint density at radius 3 is 1.90 bits per heavy atom. The molecular formula is C34H16N2O6. The number of hydrogen-bond donors (Lipinski definition) is 0. The molecule has 0 aromatic heterocycles. The Morgan fingerprint density at radius 2 is 1.14 bits per heavy atom. The lowest BCUT2D eigenvalue weighted by Crippen LogP contribution is -2.12. The van der Waals surface area contributed by atoms with Crippen LogP contribution in [0.2, 0.25) is 0 Å². The quantitative estimate of drug-likeness (QED) is 0.163. The van der Waals surface area contributed by atoms with Gasteiger partial charge in [0.25, 0.3) is 11.4 Å². The third-order valence-electron chi connectivity index (χ3n) is 8.31. The fourth-order valence-electron chi connectivity index (χ4n) is 6.63. The molecule has 42 heavy (non-hydrogen) atoms. The number of nitro groups is 2. The van der Waals surface area contributed by atoms with E-state index in [0.717, 1.165) is 21.9 Å². The molecule has 0 fully saturated rings. The van der Waals surface area contributed by atoms with Gasteiger partial charge in [0, 0.05) is 39.1 Å². The minimum absolute atomic E-state index is 0.0846. The first-order chi connectivity index (χ1) is 20.3. The topological polar surface area (TPSA) is 120 Å². The molecule has 0 atom stereocenters. The third kappa shape index (κ3) is 3.00. The van der Waals surface area contributed by atoms with Gasteiger partial charge in [0.05, 0.1) is 26.4 Å². The van der Waals surface area contributed by atoms with Gasteiger partial charge in [0.2, 0.25) is 0 Å². The molecule has 0 spiro atoms. The maximum Gasteiger partial charge on any atom is 0.285 e. The van der Waals surface area contributed by atoms with Crippen molar-refractivity contribution in [1.29, 1.82) is 0 Å². The van der Waals surface area contributed by atoms with Crippen molar-refractivity contribution < 1.29 is 19.4 Å². The number of ketones is 2. The molecule has 0 unspecified atom stereocenters. The highest BCUT2D eigenvalue weighted by Gasteiger charge is 2.35. The summed E-state index contributed by atoms with van der Waals surface area (Å²) in [7, 11) is 0. The second-order valence-corrected chi connectivity index (χ2v) is 10.4. The molecule has 2 aliphatic rings.